The minimum atomic E-state index is -0.920. The molecule has 2 heterocycles. The Bertz CT molecular complexity index is 807. The van der Waals surface area contributed by atoms with Crippen LogP contribution in [0.5, 0.6) is 0 Å². The van der Waals surface area contributed by atoms with Crippen LogP contribution in [0, 0.1) is 11.7 Å². The molecule has 1 aromatic rings. The number of nitrogens with zero attached hydrogens (tertiary/aromatic N) is 2. The fourth-order valence-electron chi connectivity index (χ4n) is 3.69. The number of benzene rings is 1. The van der Waals surface area contributed by atoms with Crippen LogP contribution in [-0.2, 0) is 25.7 Å². The average Bonchev–Trinajstić information content (AvgIpc) is 2.96. The van der Waals surface area contributed by atoms with E-state index >= 15 is 0 Å². The predicted octanol–water partition coefficient (Wildman–Crippen LogP) is 1.44. The van der Waals surface area contributed by atoms with Gasteiger partial charge in [0.05, 0.1) is 20.1 Å². The third-order valence-corrected chi connectivity index (χ3v) is 5.37. The van der Waals surface area contributed by atoms with Crippen LogP contribution in [0.3, 0.4) is 0 Å². The first-order valence-electron chi connectivity index (χ1n) is 9.58. The van der Waals surface area contributed by atoms with Crippen molar-refractivity contribution in [3.8, 4) is 0 Å². The van der Waals surface area contributed by atoms with Crippen LogP contribution in [0.1, 0.15) is 31.2 Å². The van der Waals surface area contributed by atoms with E-state index in [2.05, 4.69) is 10.1 Å². The van der Waals surface area contributed by atoms with E-state index < -0.39 is 23.8 Å². The Morgan fingerprint density at radius 3 is 2.59 bits per heavy atom. The number of carbonyl (C=O) groups is 4. The molecular weight excluding hydrogens is 381 g/mol. The maximum Gasteiger partial charge on any atom is 0.325 e. The average molecular weight is 405 g/mol. The lowest BCUT2D eigenvalue weighted by molar-refractivity contribution is -0.142. The van der Waals surface area contributed by atoms with E-state index in [4.69, 9.17) is 0 Å². The number of imide groups is 1. The molecule has 1 atom stereocenters. The summed E-state index contributed by atoms with van der Waals surface area (Å²) in [5.41, 5.74) is 0.494. The summed E-state index contributed by atoms with van der Waals surface area (Å²) in [5, 5.41) is 2.54. The van der Waals surface area contributed by atoms with Gasteiger partial charge in [0.25, 0.3) is 5.91 Å². The molecule has 0 spiro atoms. The number of halogens is 1. The van der Waals surface area contributed by atoms with Crippen molar-refractivity contribution < 1.29 is 28.3 Å². The number of esters is 1. The van der Waals surface area contributed by atoms with E-state index in [0.717, 1.165) is 4.90 Å². The largest absolute Gasteiger partial charge is 0.469 e. The molecule has 0 saturated carbocycles. The Morgan fingerprint density at radius 2 is 1.93 bits per heavy atom. The van der Waals surface area contributed by atoms with Crippen LogP contribution in [-0.4, -0.2) is 59.9 Å². The van der Waals surface area contributed by atoms with Crippen molar-refractivity contribution in [2.24, 2.45) is 5.92 Å². The molecule has 9 heteroatoms. The van der Waals surface area contributed by atoms with E-state index in [-0.39, 0.29) is 30.8 Å². The summed E-state index contributed by atoms with van der Waals surface area (Å²) < 4.78 is 18.0. The van der Waals surface area contributed by atoms with Crippen molar-refractivity contribution in [3.05, 3.63) is 35.6 Å². The van der Waals surface area contributed by atoms with Crippen LogP contribution >= 0.6 is 0 Å². The zero-order valence-electron chi connectivity index (χ0n) is 16.2. The Balaban J connectivity index is 1.51. The highest BCUT2D eigenvalue weighted by atomic mass is 19.1. The summed E-state index contributed by atoms with van der Waals surface area (Å²) in [7, 11) is 1.35. The summed E-state index contributed by atoms with van der Waals surface area (Å²) in [6.45, 7) is 0.955. The Kier molecular flexibility index (Phi) is 6.46. The fraction of sp³-hybridized carbons (Fsp3) is 0.500. The van der Waals surface area contributed by atoms with Gasteiger partial charge in [0.1, 0.15) is 11.9 Å². The number of likely N-dealkylation sites (tertiary alicyclic amines) is 1. The molecule has 156 valence electrons. The van der Waals surface area contributed by atoms with Gasteiger partial charge in [0, 0.05) is 19.5 Å². The zero-order valence-corrected chi connectivity index (χ0v) is 16.2. The van der Waals surface area contributed by atoms with Crippen LogP contribution in [0.2, 0.25) is 0 Å². The Morgan fingerprint density at radius 1 is 1.21 bits per heavy atom. The molecule has 0 radical (unpaired) electrons. The van der Waals surface area contributed by atoms with Gasteiger partial charge in [-0.1, -0.05) is 12.1 Å². The van der Waals surface area contributed by atoms with Gasteiger partial charge < -0.3 is 15.0 Å². The highest BCUT2D eigenvalue weighted by Crippen LogP contribution is 2.22. The SMILES string of the molecule is COC(=O)CC1CCN(C(=O)C[C@H]2NC(=O)N(Cc3cccc(F)c3)C2=O)CC1. The fourth-order valence-corrected chi connectivity index (χ4v) is 3.69. The van der Waals surface area contributed by atoms with E-state index in [1.165, 1.54) is 25.3 Å². The zero-order chi connectivity index (χ0) is 21.0. The quantitative estimate of drug-likeness (QED) is 0.571. The van der Waals surface area contributed by atoms with Crippen molar-refractivity contribution >= 4 is 23.8 Å². The third kappa shape index (κ3) is 5.10. The summed E-state index contributed by atoms with van der Waals surface area (Å²) in [6.07, 6.45) is 1.60. The molecule has 4 amide bonds. The lowest BCUT2D eigenvalue weighted by Gasteiger charge is -2.32. The van der Waals surface area contributed by atoms with Gasteiger partial charge in [0.15, 0.2) is 0 Å². The molecule has 0 unspecified atom stereocenters. The number of methoxy groups -OCH3 is 1. The molecule has 1 N–H and O–H groups in total. The maximum absolute atomic E-state index is 13.3. The number of urea groups is 1. The lowest BCUT2D eigenvalue weighted by atomic mass is 9.93. The Hall–Kier alpha value is -2.97. The number of piperidine rings is 1. The van der Waals surface area contributed by atoms with E-state index in [1.54, 1.807) is 11.0 Å². The van der Waals surface area contributed by atoms with Gasteiger partial charge in [-0.2, -0.15) is 0 Å². The number of ether oxygens (including phenoxy) is 1. The molecule has 3 rings (SSSR count). The van der Waals surface area contributed by atoms with Crippen molar-refractivity contribution in [2.45, 2.75) is 38.3 Å². The van der Waals surface area contributed by atoms with Crippen LogP contribution in [0.15, 0.2) is 24.3 Å². The minimum absolute atomic E-state index is 0.0496. The van der Waals surface area contributed by atoms with Gasteiger partial charge >= 0.3 is 12.0 Å². The van der Waals surface area contributed by atoms with E-state index in [0.29, 0.717) is 37.9 Å². The number of carbonyl (C=O) groups excluding carboxylic acids is 4. The van der Waals surface area contributed by atoms with E-state index in [9.17, 15) is 23.6 Å². The monoisotopic (exact) mass is 405 g/mol. The second-order valence-electron chi connectivity index (χ2n) is 7.36. The Labute approximate surface area is 168 Å². The third-order valence-electron chi connectivity index (χ3n) is 5.37. The topological polar surface area (TPSA) is 96.0 Å². The number of amides is 4. The van der Waals surface area contributed by atoms with Gasteiger partial charge in [-0.05, 0) is 36.5 Å². The van der Waals surface area contributed by atoms with Crippen LogP contribution in [0.4, 0.5) is 9.18 Å². The molecule has 2 aliphatic heterocycles. The smallest absolute Gasteiger partial charge is 0.325 e. The van der Waals surface area contributed by atoms with Gasteiger partial charge in [-0.15, -0.1) is 0 Å². The maximum atomic E-state index is 13.3. The minimum Gasteiger partial charge on any atom is -0.469 e. The van der Waals surface area contributed by atoms with Gasteiger partial charge in [-0.3, -0.25) is 19.3 Å². The van der Waals surface area contributed by atoms with Crippen molar-refractivity contribution in [1.82, 2.24) is 15.1 Å². The summed E-state index contributed by atoms with van der Waals surface area (Å²) in [5.74, 6) is -1.23. The highest BCUT2D eigenvalue weighted by Gasteiger charge is 2.40. The standard InChI is InChI=1S/C20H24FN3O5/c1-29-18(26)10-13-5-7-23(8-6-13)17(25)11-16-19(27)24(20(28)22-16)12-14-3-2-4-15(21)9-14/h2-4,9,13,16H,5-8,10-12H2,1H3,(H,22,28)/t16-/m1/s1. The highest BCUT2D eigenvalue weighted by molar-refractivity contribution is 6.05. The lowest BCUT2D eigenvalue weighted by Crippen LogP contribution is -2.43. The first-order chi connectivity index (χ1) is 13.9. The molecule has 0 bridgehead atoms. The molecule has 2 saturated heterocycles. The van der Waals surface area contributed by atoms with E-state index in [1.807, 2.05) is 0 Å². The molecule has 8 nitrogen and oxygen atoms in total. The molecule has 2 fully saturated rings. The first kappa shape index (κ1) is 20.8. The second kappa shape index (κ2) is 9.02. The normalized spacial score (nSPS) is 20.0. The van der Waals surface area contributed by atoms with Crippen molar-refractivity contribution in [1.29, 1.82) is 0 Å². The predicted molar refractivity (Wildman–Crippen MR) is 99.8 cm³/mol. The number of nitrogens with one attached hydrogen (secondary N) is 1. The molecule has 29 heavy (non-hydrogen) atoms. The van der Waals surface area contributed by atoms with Gasteiger partial charge in [0.2, 0.25) is 5.91 Å². The second-order valence-corrected chi connectivity index (χ2v) is 7.36. The van der Waals surface area contributed by atoms with Gasteiger partial charge in [-0.25, -0.2) is 9.18 Å². The molecular formula is C20H24FN3O5. The molecule has 0 aliphatic carbocycles. The van der Waals surface area contributed by atoms with Crippen molar-refractivity contribution in [2.75, 3.05) is 20.2 Å². The molecule has 2 aliphatic rings. The summed E-state index contributed by atoms with van der Waals surface area (Å²) in [6, 6.07) is 4.17. The number of hydrogen-bond acceptors (Lipinski definition) is 5. The van der Waals surface area contributed by atoms with Crippen LogP contribution in [0.25, 0.3) is 0 Å². The van der Waals surface area contributed by atoms with Crippen LogP contribution < -0.4 is 5.32 Å². The van der Waals surface area contributed by atoms with Crippen molar-refractivity contribution in [3.63, 3.8) is 0 Å². The summed E-state index contributed by atoms with van der Waals surface area (Å²) >= 11 is 0. The number of hydrogen-bond donors (Lipinski definition) is 1. The molecule has 0 aromatic heterocycles. The summed E-state index contributed by atoms with van der Waals surface area (Å²) in [4.78, 5) is 51.3. The first-order valence-corrected chi connectivity index (χ1v) is 9.58. The number of rotatable bonds is 6. The molecule has 1 aromatic carbocycles.